The monoisotopic (exact) mass is 404 g/mol. The van der Waals surface area contributed by atoms with Gasteiger partial charge in [0.25, 0.3) is 0 Å². The Bertz CT molecular complexity index is 464. The fourth-order valence-corrected chi connectivity index (χ4v) is 1.76. The van der Waals surface area contributed by atoms with Crippen LogP contribution < -0.4 is 0 Å². The molecule has 0 atom stereocenters. The zero-order chi connectivity index (χ0) is 17.4. The van der Waals surface area contributed by atoms with Crippen molar-refractivity contribution in [1.82, 2.24) is 0 Å². The molecule has 0 aliphatic heterocycles. The fourth-order valence-electron chi connectivity index (χ4n) is 1.50. The molecule has 0 aliphatic rings. The maximum atomic E-state index is 12.6. The van der Waals surface area contributed by atoms with Gasteiger partial charge in [-0.3, -0.25) is 0 Å². The highest BCUT2D eigenvalue weighted by Crippen LogP contribution is 2.55. The lowest BCUT2D eigenvalue weighted by Crippen LogP contribution is -2.67. The Morgan fingerprint density at radius 1 is 0.727 bits per heavy atom. The maximum Gasteiger partial charge on any atom is 0.435 e. The van der Waals surface area contributed by atoms with Gasteiger partial charge in [-0.25, -0.2) is 0 Å². The van der Waals surface area contributed by atoms with Crippen LogP contribution in [0.5, 0.6) is 0 Å². The van der Waals surface area contributed by atoms with E-state index in [9.17, 15) is 39.5 Å². The molecular weight excluding hydrogens is 399 g/mol. The zero-order valence-corrected chi connectivity index (χ0v) is 11.8. The highest BCUT2D eigenvalue weighted by atomic mass is 79.9. The van der Waals surface area contributed by atoms with Crippen LogP contribution in [-0.4, -0.2) is 24.1 Å². The summed E-state index contributed by atoms with van der Waals surface area (Å²) in [6.45, 7) is -1.52. The van der Waals surface area contributed by atoms with E-state index in [0.717, 1.165) is 12.1 Å². The molecule has 0 spiro atoms. The predicted molar refractivity (Wildman–Crippen MR) is 59.8 cm³/mol. The summed E-state index contributed by atoms with van der Waals surface area (Å²) in [6.07, 6.45) is -20.2. The second kappa shape index (κ2) is 5.91. The van der Waals surface area contributed by atoms with Crippen molar-refractivity contribution in [3.63, 3.8) is 0 Å². The molecule has 0 amide bonds. The Hall–Kier alpha value is -0.970. The van der Waals surface area contributed by atoms with E-state index >= 15 is 0 Å². The van der Waals surface area contributed by atoms with Gasteiger partial charge in [0.15, 0.2) is 0 Å². The molecule has 1 aromatic carbocycles. The van der Waals surface area contributed by atoms with Gasteiger partial charge in [0.05, 0.1) is 6.61 Å². The van der Waals surface area contributed by atoms with Gasteiger partial charge in [0.2, 0.25) is 0 Å². The molecule has 0 fully saturated rings. The molecule has 0 saturated carbocycles. The van der Waals surface area contributed by atoms with Crippen LogP contribution in [0.3, 0.4) is 0 Å². The highest BCUT2D eigenvalue weighted by Gasteiger charge is 2.85. The fraction of sp³-hybridized carbons (Fsp3) is 0.455. The Balaban J connectivity index is 3.24. The Labute approximate surface area is 126 Å². The van der Waals surface area contributed by atoms with E-state index in [1.54, 1.807) is 0 Å². The van der Waals surface area contributed by atoms with E-state index in [4.69, 9.17) is 0 Å². The molecule has 1 rings (SSSR count). The Morgan fingerprint density at radius 2 is 1.09 bits per heavy atom. The largest absolute Gasteiger partial charge is 0.435 e. The number of benzene rings is 1. The van der Waals surface area contributed by atoms with Crippen molar-refractivity contribution >= 4 is 15.9 Å². The highest BCUT2D eigenvalue weighted by molar-refractivity contribution is 9.10. The van der Waals surface area contributed by atoms with Gasteiger partial charge < -0.3 is 4.74 Å². The summed E-state index contributed by atoms with van der Waals surface area (Å²) in [6, 6.07) is 4.51. The van der Waals surface area contributed by atoms with Crippen LogP contribution in [0.25, 0.3) is 0 Å². The van der Waals surface area contributed by atoms with Crippen LogP contribution in [0.1, 0.15) is 5.56 Å². The van der Waals surface area contributed by atoms with Gasteiger partial charge in [-0.2, -0.15) is 39.5 Å². The second-order valence-corrected chi connectivity index (χ2v) is 5.01. The van der Waals surface area contributed by atoms with E-state index in [1.807, 2.05) is 0 Å². The molecule has 0 saturated heterocycles. The van der Waals surface area contributed by atoms with E-state index in [1.165, 1.54) is 12.1 Å². The molecule has 22 heavy (non-hydrogen) atoms. The lowest BCUT2D eigenvalue weighted by atomic mass is 10.0. The topological polar surface area (TPSA) is 9.23 Å². The first-order valence-electron chi connectivity index (χ1n) is 5.31. The molecule has 0 N–H and O–H groups in total. The average molecular weight is 405 g/mol. The van der Waals surface area contributed by atoms with E-state index < -0.39 is 30.7 Å². The number of hydrogen-bond acceptors (Lipinski definition) is 1. The van der Waals surface area contributed by atoms with Crippen molar-refractivity contribution in [1.29, 1.82) is 0 Å². The maximum absolute atomic E-state index is 12.6. The molecule has 0 aromatic heterocycles. The Morgan fingerprint density at radius 3 is 1.41 bits per heavy atom. The quantitative estimate of drug-likeness (QED) is 0.613. The van der Waals surface area contributed by atoms with E-state index in [2.05, 4.69) is 20.7 Å². The minimum absolute atomic E-state index is 0.287. The average Bonchev–Trinajstić information content (AvgIpc) is 2.26. The zero-order valence-electron chi connectivity index (χ0n) is 10.2. The number of hydrogen-bond donors (Lipinski definition) is 0. The summed E-state index contributed by atoms with van der Waals surface area (Å²) in [5.74, 6) is 0. The standard InChI is InChI=1S/C11H6BrF9O/c12-7-3-1-6(2-4-7)5-22-8(9(13,14)15,10(16,17)18)11(19,20)21/h1-4H,5H2. The minimum atomic E-state index is -6.72. The third kappa shape index (κ3) is 3.50. The SMILES string of the molecule is FC(F)(F)C(OCc1ccc(Br)cc1)(C(F)(F)F)C(F)(F)F. The van der Waals surface area contributed by atoms with E-state index in [0.29, 0.717) is 4.47 Å². The smallest absolute Gasteiger partial charge is 0.346 e. The molecule has 126 valence electrons. The summed E-state index contributed by atoms with van der Waals surface area (Å²) < 4.78 is 117. The number of rotatable bonds is 3. The molecular formula is C11H6BrF9O. The van der Waals surface area contributed by atoms with Crippen LogP contribution in [0, 0.1) is 0 Å². The van der Waals surface area contributed by atoms with Crippen molar-refractivity contribution in [2.45, 2.75) is 30.7 Å². The first-order valence-corrected chi connectivity index (χ1v) is 6.10. The van der Waals surface area contributed by atoms with Crippen molar-refractivity contribution in [2.75, 3.05) is 0 Å². The lowest BCUT2D eigenvalue weighted by molar-refractivity contribution is -0.459. The van der Waals surface area contributed by atoms with Crippen LogP contribution >= 0.6 is 15.9 Å². The summed E-state index contributed by atoms with van der Waals surface area (Å²) in [4.78, 5) is 0. The van der Waals surface area contributed by atoms with Crippen LogP contribution in [-0.2, 0) is 11.3 Å². The van der Waals surface area contributed by atoms with Crippen molar-refractivity contribution in [2.24, 2.45) is 0 Å². The van der Waals surface area contributed by atoms with Crippen LogP contribution in [0.2, 0.25) is 0 Å². The summed E-state index contributed by atoms with van der Waals surface area (Å²) >= 11 is 2.95. The third-order valence-electron chi connectivity index (χ3n) is 2.57. The van der Waals surface area contributed by atoms with Crippen molar-refractivity contribution < 1.29 is 44.3 Å². The summed E-state index contributed by atoms with van der Waals surface area (Å²) in [5, 5.41) is 0. The molecule has 0 aliphatic carbocycles. The van der Waals surface area contributed by atoms with E-state index in [-0.39, 0.29) is 5.56 Å². The molecule has 0 bridgehead atoms. The second-order valence-electron chi connectivity index (χ2n) is 4.09. The van der Waals surface area contributed by atoms with Gasteiger partial charge >= 0.3 is 24.1 Å². The summed E-state index contributed by atoms with van der Waals surface area (Å²) in [5.41, 5.74) is -6.54. The van der Waals surface area contributed by atoms with Gasteiger partial charge in [-0.1, -0.05) is 28.1 Å². The number of ether oxygens (including phenoxy) is 1. The molecule has 0 radical (unpaired) electrons. The summed E-state index contributed by atoms with van der Waals surface area (Å²) in [7, 11) is 0. The van der Waals surface area contributed by atoms with Gasteiger partial charge in [-0.05, 0) is 17.7 Å². The molecule has 1 aromatic rings. The first-order chi connectivity index (χ1) is 9.72. The Kier molecular flexibility index (Phi) is 5.13. The first kappa shape index (κ1) is 19.1. The number of alkyl halides is 9. The lowest BCUT2D eigenvalue weighted by Gasteiger charge is -2.38. The normalized spacial score (nSPS) is 14.3. The molecule has 11 heteroatoms. The van der Waals surface area contributed by atoms with Gasteiger partial charge in [-0.15, -0.1) is 0 Å². The van der Waals surface area contributed by atoms with Gasteiger partial charge in [0, 0.05) is 4.47 Å². The predicted octanol–water partition coefficient (Wildman–Crippen LogP) is 5.39. The van der Waals surface area contributed by atoms with Crippen molar-refractivity contribution in [3.05, 3.63) is 34.3 Å². The van der Waals surface area contributed by atoms with Gasteiger partial charge in [0.1, 0.15) is 0 Å². The van der Waals surface area contributed by atoms with Crippen LogP contribution in [0.4, 0.5) is 39.5 Å². The molecule has 0 unspecified atom stereocenters. The van der Waals surface area contributed by atoms with Crippen LogP contribution in [0.15, 0.2) is 28.7 Å². The number of halogens is 10. The molecule has 0 heterocycles. The van der Waals surface area contributed by atoms with Crippen molar-refractivity contribution in [3.8, 4) is 0 Å². The third-order valence-corrected chi connectivity index (χ3v) is 3.09. The minimum Gasteiger partial charge on any atom is -0.346 e. The molecule has 1 nitrogen and oxygen atoms in total.